The number of thioether (sulfide) groups is 1. The maximum Gasteiger partial charge on any atom is 0.294 e. The SMILES string of the molecule is Cc1ccc(C)c(NC(=O)CN2C(=O)S/C(=C/c3ccc(-c4cc(Cl)ccc4Cl)o3)C2=O)c1. The number of amides is 3. The van der Waals surface area contributed by atoms with E-state index in [1.165, 1.54) is 6.08 Å². The molecule has 0 aliphatic carbocycles. The van der Waals surface area contributed by atoms with Crippen molar-refractivity contribution in [2.24, 2.45) is 0 Å². The highest BCUT2D eigenvalue weighted by molar-refractivity contribution is 8.18. The monoisotopic (exact) mass is 500 g/mol. The lowest BCUT2D eigenvalue weighted by Gasteiger charge is -2.14. The number of imide groups is 1. The highest BCUT2D eigenvalue weighted by Crippen LogP contribution is 2.35. The number of rotatable bonds is 5. The van der Waals surface area contributed by atoms with Crippen molar-refractivity contribution in [3.63, 3.8) is 0 Å². The number of anilines is 1. The molecule has 0 unspecified atom stereocenters. The standard InChI is InChI=1S/C24H18Cl2N2O4S/c1-13-3-4-14(2)19(9-13)27-22(29)12-28-23(30)21(33-24(28)31)11-16-6-8-20(32-16)17-10-15(25)5-7-18(17)26/h3-11H,12H2,1-2H3,(H,27,29)/b21-11+. The Morgan fingerprint density at radius 1 is 1.09 bits per heavy atom. The first-order valence-electron chi connectivity index (χ1n) is 9.89. The van der Waals surface area contributed by atoms with Gasteiger partial charge in [-0.05, 0) is 73.1 Å². The Bertz CT molecular complexity index is 1320. The Labute approximate surface area is 204 Å². The second kappa shape index (κ2) is 9.47. The summed E-state index contributed by atoms with van der Waals surface area (Å²) in [6, 6.07) is 14.0. The van der Waals surface area contributed by atoms with Crippen LogP contribution in [0.3, 0.4) is 0 Å². The Balaban J connectivity index is 1.48. The molecule has 9 heteroatoms. The normalized spacial score (nSPS) is 14.9. The lowest BCUT2D eigenvalue weighted by Crippen LogP contribution is -2.36. The molecule has 1 aliphatic rings. The first-order valence-corrected chi connectivity index (χ1v) is 11.5. The zero-order chi connectivity index (χ0) is 23.7. The van der Waals surface area contributed by atoms with E-state index in [1.807, 2.05) is 32.0 Å². The second-order valence-electron chi connectivity index (χ2n) is 7.46. The number of carbonyl (C=O) groups is 3. The first-order chi connectivity index (χ1) is 15.7. The van der Waals surface area contributed by atoms with Crippen LogP contribution in [-0.2, 0) is 9.59 Å². The minimum atomic E-state index is -0.556. The van der Waals surface area contributed by atoms with Crippen LogP contribution in [0.25, 0.3) is 17.4 Å². The molecule has 0 bridgehead atoms. The summed E-state index contributed by atoms with van der Waals surface area (Å²) in [7, 11) is 0. The Kier molecular flexibility index (Phi) is 6.65. The largest absolute Gasteiger partial charge is 0.457 e. The van der Waals surface area contributed by atoms with Gasteiger partial charge in [0.25, 0.3) is 11.1 Å². The molecule has 1 aliphatic heterocycles. The van der Waals surface area contributed by atoms with Crippen molar-refractivity contribution < 1.29 is 18.8 Å². The molecule has 1 aromatic heterocycles. The van der Waals surface area contributed by atoms with E-state index >= 15 is 0 Å². The summed E-state index contributed by atoms with van der Waals surface area (Å²) >= 11 is 13.0. The second-order valence-corrected chi connectivity index (χ2v) is 9.30. The minimum Gasteiger partial charge on any atom is -0.457 e. The molecule has 1 N–H and O–H groups in total. The molecule has 3 amide bonds. The third-order valence-corrected chi connectivity index (χ3v) is 6.41. The zero-order valence-corrected chi connectivity index (χ0v) is 20.0. The molecule has 0 saturated carbocycles. The maximum absolute atomic E-state index is 12.8. The Morgan fingerprint density at radius 2 is 1.88 bits per heavy atom. The van der Waals surface area contributed by atoms with Crippen LogP contribution in [0.4, 0.5) is 10.5 Å². The average molecular weight is 501 g/mol. The predicted octanol–water partition coefficient (Wildman–Crippen LogP) is 6.55. The van der Waals surface area contributed by atoms with E-state index in [1.54, 1.807) is 30.3 Å². The van der Waals surface area contributed by atoms with Gasteiger partial charge in [-0.1, -0.05) is 35.3 Å². The van der Waals surface area contributed by atoms with Crippen molar-refractivity contribution in [1.29, 1.82) is 0 Å². The maximum atomic E-state index is 12.8. The number of hydrogen-bond donors (Lipinski definition) is 1. The summed E-state index contributed by atoms with van der Waals surface area (Å²) < 4.78 is 5.78. The highest BCUT2D eigenvalue weighted by atomic mass is 35.5. The van der Waals surface area contributed by atoms with Crippen LogP contribution in [0.15, 0.2) is 57.9 Å². The molecule has 3 aromatic rings. The minimum absolute atomic E-state index is 0.164. The molecule has 33 heavy (non-hydrogen) atoms. The molecule has 1 saturated heterocycles. The van der Waals surface area contributed by atoms with Crippen molar-refractivity contribution in [3.8, 4) is 11.3 Å². The molecule has 2 aromatic carbocycles. The number of furan rings is 1. The number of carbonyl (C=O) groups excluding carboxylic acids is 3. The van der Waals surface area contributed by atoms with E-state index in [0.717, 1.165) is 27.8 Å². The third kappa shape index (κ3) is 5.16. The van der Waals surface area contributed by atoms with E-state index in [9.17, 15) is 14.4 Å². The van der Waals surface area contributed by atoms with Gasteiger partial charge in [-0.25, -0.2) is 0 Å². The molecule has 1 fully saturated rings. The van der Waals surface area contributed by atoms with Crippen LogP contribution in [0.5, 0.6) is 0 Å². The quantitative estimate of drug-likeness (QED) is 0.402. The molecule has 0 spiro atoms. The molecule has 2 heterocycles. The summed E-state index contributed by atoms with van der Waals surface area (Å²) in [6.45, 7) is 3.40. The van der Waals surface area contributed by atoms with Gasteiger partial charge in [-0.2, -0.15) is 0 Å². The first kappa shape index (κ1) is 23.2. The van der Waals surface area contributed by atoms with Crippen LogP contribution < -0.4 is 5.32 Å². The summed E-state index contributed by atoms with van der Waals surface area (Å²) in [5.41, 5.74) is 3.13. The van der Waals surface area contributed by atoms with Gasteiger partial charge in [0.2, 0.25) is 5.91 Å². The number of aryl methyl sites for hydroxylation is 2. The average Bonchev–Trinajstić information content (AvgIpc) is 3.33. The van der Waals surface area contributed by atoms with E-state index in [0.29, 0.717) is 32.8 Å². The van der Waals surface area contributed by atoms with Gasteiger partial charge in [0.05, 0.1) is 9.93 Å². The van der Waals surface area contributed by atoms with Gasteiger partial charge in [-0.15, -0.1) is 0 Å². The van der Waals surface area contributed by atoms with Crippen LogP contribution in [0.2, 0.25) is 10.0 Å². The number of hydrogen-bond acceptors (Lipinski definition) is 5. The van der Waals surface area contributed by atoms with Crippen molar-refractivity contribution in [1.82, 2.24) is 4.90 Å². The summed E-state index contributed by atoms with van der Waals surface area (Å²) in [4.78, 5) is 38.7. The summed E-state index contributed by atoms with van der Waals surface area (Å²) in [5.74, 6) is -0.171. The van der Waals surface area contributed by atoms with Crippen LogP contribution in [0, 0.1) is 13.8 Å². The molecular weight excluding hydrogens is 483 g/mol. The summed E-state index contributed by atoms with van der Waals surface area (Å²) in [6.07, 6.45) is 1.47. The van der Waals surface area contributed by atoms with E-state index in [2.05, 4.69) is 5.32 Å². The lowest BCUT2D eigenvalue weighted by molar-refractivity contribution is -0.127. The molecule has 6 nitrogen and oxygen atoms in total. The number of benzene rings is 2. The van der Waals surface area contributed by atoms with Gasteiger partial charge >= 0.3 is 0 Å². The number of nitrogens with zero attached hydrogens (tertiary/aromatic N) is 1. The number of nitrogens with one attached hydrogen (secondary N) is 1. The van der Waals surface area contributed by atoms with E-state index in [4.69, 9.17) is 27.6 Å². The summed E-state index contributed by atoms with van der Waals surface area (Å²) in [5, 5.41) is 3.21. The van der Waals surface area contributed by atoms with Gasteiger partial charge in [-0.3, -0.25) is 19.3 Å². The smallest absolute Gasteiger partial charge is 0.294 e. The molecular formula is C24H18Cl2N2O4S. The fourth-order valence-corrected chi connectivity index (χ4v) is 4.43. The fraction of sp³-hybridized carbons (Fsp3) is 0.125. The molecule has 4 rings (SSSR count). The zero-order valence-electron chi connectivity index (χ0n) is 17.6. The molecule has 0 atom stereocenters. The lowest BCUT2D eigenvalue weighted by atomic mass is 10.1. The van der Waals surface area contributed by atoms with Gasteiger partial charge in [0.15, 0.2) is 0 Å². The van der Waals surface area contributed by atoms with Crippen molar-refractivity contribution in [2.75, 3.05) is 11.9 Å². The topological polar surface area (TPSA) is 79.6 Å². The van der Waals surface area contributed by atoms with Gasteiger partial charge in [0, 0.05) is 22.3 Å². The van der Waals surface area contributed by atoms with Crippen LogP contribution in [-0.4, -0.2) is 28.5 Å². The van der Waals surface area contributed by atoms with Crippen molar-refractivity contribution >= 4 is 63.8 Å². The Morgan fingerprint density at radius 3 is 2.67 bits per heavy atom. The predicted molar refractivity (Wildman–Crippen MR) is 131 cm³/mol. The van der Waals surface area contributed by atoms with E-state index in [-0.39, 0.29) is 11.4 Å². The highest BCUT2D eigenvalue weighted by Gasteiger charge is 2.36. The fourth-order valence-electron chi connectivity index (χ4n) is 3.23. The third-order valence-electron chi connectivity index (χ3n) is 4.94. The van der Waals surface area contributed by atoms with Crippen molar-refractivity contribution in [2.45, 2.75) is 13.8 Å². The Hall–Kier alpha value is -3.00. The van der Waals surface area contributed by atoms with Crippen LogP contribution in [0.1, 0.15) is 16.9 Å². The van der Waals surface area contributed by atoms with Gasteiger partial charge < -0.3 is 9.73 Å². The van der Waals surface area contributed by atoms with E-state index < -0.39 is 17.1 Å². The molecule has 0 radical (unpaired) electrons. The van der Waals surface area contributed by atoms with Crippen LogP contribution >= 0.6 is 35.0 Å². The molecule has 168 valence electrons. The number of halogens is 2. The van der Waals surface area contributed by atoms with Crippen molar-refractivity contribution in [3.05, 3.63) is 80.4 Å². The van der Waals surface area contributed by atoms with Gasteiger partial charge in [0.1, 0.15) is 18.1 Å².